The lowest BCUT2D eigenvalue weighted by atomic mass is 9.83. The summed E-state index contributed by atoms with van der Waals surface area (Å²) >= 11 is 0. The molecule has 5 nitrogen and oxygen atoms in total. The first kappa shape index (κ1) is 14.4. The van der Waals surface area contributed by atoms with Crippen LogP contribution in [0.5, 0.6) is 0 Å². The summed E-state index contributed by atoms with van der Waals surface area (Å²) in [6.07, 6.45) is 6.61. The second-order valence-corrected chi connectivity index (χ2v) is 6.97. The van der Waals surface area contributed by atoms with Crippen molar-refractivity contribution in [2.45, 2.75) is 56.0 Å². The van der Waals surface area contributed by atoms with Gasteiger partial charge in [-0.3, -0.25) is 4.90 Å². The van der Waals surface area contributed by atoms with Crippen LogP contribution in [-0.4, -0.2) is 68.5 Å². The molecule has 4 heterocycles. The van der Waals surface area contributed by atoms with Crippen LogP contribution in [0.2, 0.25) is 0 Å². The van der Waals surface area contributed by atoms with E-state index in [1.807, 2.05) is 0 Å². The lowest BCUT2D eigenvalue weighted by Gasteiger charge is -2.49. The molecule has 0 N–H and O–H groups in total. The van der Waals surface area contributed by atoms with Gasteiger partial charge in [0.15, 0.2) is 5.79 Å². The Morgan fingerprint density at radius 3 is 2.48 bits per heavy atom. The first-order valence-corrected chi connectivity index (χ1v) is 8.53. The van der Waals surface area contributed by atoms with Gasteiger partial charge in [0.2, 0.25) is 0 Å². The molecule has 120 valence electrons. The van der Waals surface area contributed by atoms with Gasteiger partial charge in [-0.1, -0.05) is 0 Å². The molecule has 1 unspecified atom stereocenters. The molecule has 21 heavy (non-hydrogen) atoms. The van der Waals surface area contributed by atoms with Gasteiger partial charge in [-0.05, 0) is 38.6 Å². The fraction of sp³-hybridized carbons (Fsp3) is 1.00. The van der Waals surface area contributed by atoms with E-state index in [4.69, 9.17) is 18.9 Å². The lowest BCUT2D eigenvalue weighted by molar-refractivity contribution is -0.206. The minimum Gasteiger partial charge on any atom is -0.381 e. The Kier molecular flexibility index (Phi) is 3.96. The average molecular weight is 297 g/mol. The van der Waals surface area contributed by atoms with Crippen LogP contribution in [0.4, 0.5) is 0 Å². The van der Waals surface area contributed by atoms with E-state index in [9.17, 15) is 0 Å². The predicted octanol–water partition coefficient (Wildman–Crippen LogP) is 1.55. The van der Waals surface area contributed by atoms with Crippen LogP contribution >= 0.6 is 0 Å². The second-order valence-electron chi connectivity index (χ2n) is 6.97. The minimum atomic E-state index is -0.306. The molecule has 4 saturated heterocycles. The number of nitrogens with zero attached hydrogens (tertiary/aromatic N) is 1. The van der Waals surface area contributed by atoms with E-state index in [1.54, 1.807) is 0 Å². The summed E-state index contributed by atoms with van der Waals surface area (Å²) in [6, 6.07) is 0.613. The third-order valence-corrected chi connectivity index (χ3v) is 5.65. The van der Waals surface area contributed by atoms with Gasteiger partial charge in [0.1, 0.15) is 0 Å². The Balaban J connectivity index is 1.43. The van der Waals surface area contributed by atoms with E-state index in [0.717, 1.165) is 71.7 Å². The molecule has 4 aliphatic heterocycles. The number of ether oxygens (including phenoxy) is 4. The van der Waals surface area contributed by atoms with E-state index in [2.05, 4.69) is 4.90 Å². The van der Waals surface area contributed by atoms with Gasteiger partial charge < -0.3 is 18.9 Å². The number of piperidine rings is 1. The number of hydrogen-bond donors (Lipinski definition) is 0. The Hall–Kier alpha value is -0.200. The van der Waals surface area contributed by atoms with Crippen molar-refractivity contribution in [3.05, 3.63) is 0 Å². The summed E-state index contributed by atoms with van der Waals surface area (Å²) in [6.45, 7) is 6.20. The van der Waals surface area contributed by atoms with E-state index < -0.39 is 0 Å². The maximum absolute atomic E-state index is 6.18. The van der Waals surface area contributed by atoms with E-state index in [1.165, 1.54) is 13.0 Å². The number of hydrogen-bond acceptors (Lipinski definition) is 5. The van der Waals surface area contributed by atoms with Crippen LogP contribution in [0.15, 0.2) is 0 Å². The van der Waals surface area contributed by atoms with Gasteiger partial charge in [0, 0.05) is 32.3 Å². The molecule has 0 radical (unpaired) electrons. The van der Waals surface area contributed by atoms with Crippen LogP contribution in [0.25, 0.3) is 0 Å². The molecule has 0 aliphatic carbocycles. The van der Waals surface area contributed by atoms with Gasteiger partial charge in [-0.15, -0.1) is 0 Å². The smallest absolute Gasteiger partial charge is 0.181 e. The molecule has 2 spiro atoms. The van der Waals surface area contributed by atoms with Gasteiger partial charge in [-0.2, -0.15) is 0 Å². The maximum Gasteiger partial charge on any atom is 0.181 e. The van der Waals surface area contributed by atoms with Crippen LogP contribution in [0, 0.1) is 0 Å². The third-order valence-electron chi connectivity index (χ3n) is 5.65. The lowest BCUT2D eigenvalue weighted by Crippen LogP contribution is -2.57. The zero-order chi connectivity index (χ0) is 14.2. The summed E-state index contributed by atoms with van der Waals surface area (Å²) in [7, 11) is 0. The highest BCUT2D eigenvalue weighted by atomic mass is 16.7. The molecule has 0 amide bonds. The van der Waals surface area contributed by atoms with Crippen molar-refractivity contribution in [3.63, 3.8) is 0 Å². The summed E-state index contributed by atoms with van der Waals surface area (Å²) in [4.78, 5) is 2.61. The van der Waals surface area contributed by atoms with Crippen molar-refractivity contribution >= 4 is 0 Å². The van der Waals surface area contributed by atoms with Crippen molar-refractivity contribution in [3.8, 4) is 0 Å². The van der Waals surface area contributed by atoms with Gasteiger partial charge >= 0.3 is 0 Å². The summed E-state index contributed by atoms with van der Waals surface area (Å²) in [5.74, 6) is -0.306. The monoisotopic (exact) mass is 297 g/mol. The van der Waals surface area contributed by atoms with E-state index >= 15 is 0 Å². The number of rotatable bonds is 1. The van der Waals surface area contributed by atoms with E-state index in [0.29, 0.717) is 6.04 Å². The molecule has 1 atom stereocenters. The Morgan fingerprint density at radius 1 is 0.857 bits per heavy atom. The topological polar surface area (TPSA) is 40.2 Å². The van der Waals surface area contributed by atoms with Crippen LogP contribution in [0.1, 0.15) is 38.5 Å². The highest BCUT2D eigenvalue weighted by Gasteiger charge is 2.46. The highest BCUT2D eigenvalue weighted by molar-refractivity contribution is 4.95. The van der Waals surface area contributed by atoms with Crippen LogP contribution < -0.4 is 0 Å². The molecule has 4 fully saturated rings. The molecule has 0 bridgehead atoms. The van der Waals surface area contributed by atoms with Crippen molar-refractivity contribution in [1.29, 1.82) is 0 Å². The standard InChI is InChI=1S/C16H27NO4/c1-3-16(20-10-11-21-16)13-17(6-1)14-2-7-19-15(12-14)4-8-18-9-5-15/h14H,1-13H2. The minimum absolute atomic E-state index is 0.0726. The molecule has 4 aliphatic rings. The largest absolute Gasteiger partial charge is 0.381 e. The third kappa shape index (κ3) is 2.86. The molecule has 0 aromatic rings. The Bertz CT molecular complexity index is 358. The summed E-state index contributed by atoms with van der Waals surface area (Å²) in [5, 5.41) is 0. The number of likely N-dealkylation sites (tertiary alicyclic amines) is 1. The normalized spacial score (nSPS) is 36.3. The zero-order valence-corrected chi connectivity index (χ0v) is 12.8. The Morgan fingerprint density at radius 2 is 1.67 bits per heavy atom. The van der Waals surface area contributed by atoms with Crippen LogP contribution in [-0.2, 0) is 18.9 Å². The van der Waals surface area contributed by atoms with E-state index in [-0.39, 0.29) is 11.4 Å². The molecule has 4 rings (SSSR count). The fourth-order valence-electron chi connectivity index (χ4n) is 4.47. The van der Waals surface area contributed by atoms with Crippen molar-refractivity contribution in [2.75, 3.05) is 46.1 Å². The SMILES string of the molecule is C1CN(C2CCOC3(CCOCC3)C2)CC2(C1)OCCO2. The fourth-order valence-corrected chi connectivity index (χ4v) is 4.47. The second kappa shape index (κ2) is 5.78. The van der Waals surface area contributed by atoms with Gasteiger partial charge in [-0.25, -0.2) is 0 Å². The Labute approximate surface area is 126 Å². The van der Waals surface area contributed by atoms with Gasteiger partial charge in [0.05, 0.1) is 25.4 Å². The molecule has 0 aromatic carbocycles. The average Bonchev–Trinajstić information content (AvgIpc) is 2.96. The molecule has 0 aromatic heterocycles. The summed E-state index contributed by atoms with van der Waals surface area (Å²) < 4.78 is 23.5. The van der Waals surface area contributed by atoms with Crippen molar-refractivity contribution in [1.82, 2.24) is 4.90 Å². The maximum atomic E-state index is 6.18. The molecule has 5 heteroatoms. The zero-order valence-electron chi connectivity index (χ0n) is 12.8. The van der Waals surface area contributed by atoms with Crippen molar-refractivity contribution < 1.29 is 18.9 Å². The quantitative estimate of drug-likeness (QED) is 0.734. The van der Waals surface area contributed by atoms with Crippen LogP contribution in [0.3, 0.4) is 0 Å². The molecular formula is C16H27NO4. The first-order valence-electron chi connectivity index (χ1n) is 8.53. The summed E-state index contributed by atoms with van der Waals surface area (Å²) in [5.41, 5.74) is 0.0726. The molecular weight excluding hydrogens is 270 g/mol. The predicted molar refractivity (Wildman–Crippen MR) is 77.2 cm³/mol. The molecule has 0 saturated carbocycles. The first-order chi connectivity index (χ1) is 10.3. The highest BCUT2D eigenvalue weighted by Crippen LogP contribution is 2.38. The van der Waals surface area contributed by atoms with Crippen molar-refractivity contribution in [2.24, 2.45) is 0 Å². The van der Waals surface area contributed by atoms with Gasteiger partial charge in [0.25, 0.3) is 0 Å².